The first-order valence-corrected chi connectivity index (χ1v) is 7.76. The summed E-state index contributed by atoms with van der Waals surface area (Å²) in [6.45, 7) is 0. The van der Waals surface area contributed by atoms with Crippen molar-refractivity contribution < 1.29 is 4.79 Å². The Morgan fingerprint density at radius 3 is 1.75 bits per heavy atom. The Kier molecular flexibility index (Phi) is 5.05. The Balaban J connectivity index is 1.85. The lowest BCUT2D eigenvalue weighted by Crippen LogP contribution is -2.20. The van der Waals surface area contributed by atoms with Gasteiger partial charge in [0.1, 0.15) is 0 Å². The molecule has 3 nitrogen and oxygen atoms in total. The van der Waals surface area contributed by atoms with Gasteiger partial charge in [-0.25, -0.2) is 0 Å². The smallest absolute Gasteiger partial charge is 0.187 e. The molecule has 0 unspecified atom stereocenters. The molecule has 0 amide bonds. The van der Waals surface area contributed by atoms with E-state index in [1.165, 1.54) is 0 Å². The van der Waals surface area contributed by atoms with Crippen molar-refractivity contribution in [3.63, 3.8) is 0 Å². The number of allylic oxidation sites excluding steroid dienone is 1. The second kappa shape index (κ2) is 7.79. The van der Waals surface area contributed by atoms with Crippen LogP contribution in [0.5, 0.6) is 0 Å². The van der Waals surface area contributed by atoms with Crippen molar-refractivity contribution >= 4 is 17.2 Å². The Morgan fingerprint density at radius 2 is 1.17 bits per heavy atom. The molecule has 3 aromatic rings. The zero-order valence-electron chi connectivity index (χ0n) is 13.1. The van der Waals surface area contributed by atoms with Gasteiger partial charge in [0.15, 0.2) is 5.78 Å². The summed E-state index contributed by atoms with van der Waals surface area (Å²) in [4.78, 5) is 12.5. The number of carbonyl (C=O) groups is 1. The standard InChI is InChI=1S/C21H18N2O/c24-21(18-12-6-2-7-13-18)16-20(17-10-4-1-5-11-17)23-22-19-14-8-3-9-15-19/h1-16,22-23H/b20-16+. The molecule has 0 aromatic heterocycles. The molecule has 3 rings (SSSR count). The third-order valence-electron chi connectivity index (χ3n) is 3.53. The SMILES string of the molecule is O=C(/C=C(/NNc1ccccc1)c1ccccc1)c1ccccc1. The molecule has 24 heavy (non-hydrogen) atoms. The Bertz CT molecular complexity index is 812. The highest BCUT2D eigenvalue weighted by atomic mass is 16.1. The zero-order chi connectivity index (χ0) is 16.6. The van der Waals surface area contributed by atoms with Gasteiger partial charge in [-0.15, -0.1) is 0 Å². The molecule has 0 aliphatic carbocycles. The number of carbonyl (C=O) groups excluding carboxylic acids is 1. The molecule has 0 aliphatic heterocycles. The fourth-order valence-electron chi connectivity index (χ4n) is 2.29. The van der Waals surface area contributed by atoms with Crippen LogP contribution in [-0.4, -0.2) is 5.78 Å². The molecule has 0 radical (unpaired) electrons. The summed E-state index contributed by atoms with van der Waals surface area (Å²) in [5.41, 5.74) is 9.51. The van der Waals surface area contributed by atoms with Gasteiger partial charge in [-0.3, -0.25) is 4.79 Å². The average molecular weight is 314 g/mol. The second-order valence-corrected chi connectivity index (χ2v) is 5.27. The van der Waals surface area contributed by atoms with E-state index in [2.05, 4.69) is 10.9 Å². The highest BCUT2D eigenvalue weighted by Gasteiger charge is 2.07. The molecule has 0 bridgehead atoms. The van der Waals surface area contributed by atoms with Gasteiger partial charge < -0.3 is 10.9 Å². The molecule has 0 heterocycles. The molecule has 0 saturated heterocycles. The Hall–Kier alpha value is -3.33. The summed E-state index contributed by atoms with van der Waals surface area (Å²) in [6.07, 6.45) is 1.61. The van der Waals surface area contributed by atoms with Gasteiger partial charge in [0, 0.05) is 11.6 Å². The molecule has 0 saturated carbocycles. The number of hydrogen-bond donors (Lipinski definition) is 2. The molecule has 0 aliphatic rings. The van der Waals surface area contributed by atoms with Crippen LogP contribution in [0.25, 0.3) is 5.70 Å². The van der Waals surface area contributed by atoms with E-state index in [1.807, 2.05) is 91.0 Å². The van der Waals surface area contributed by atoms with E-state index in [4.69, 9.17) is 0 Å². The number of anilines is 1. The van der Waals surface area contributed by atoms with Crippen molar-refractivity contribution in [3.05, 3.63) is 108 Å². The number of ketones is 1. The largest absolute Gasteiger partial charge is 0.301 e. The number of hydrogen-bond acceptors (Lipinski definition) is 3. The number of rotatable bonds is 6. The molecule has 0 spiro atoms. The first kappa shape index (κ1) is 15.6. The number of benzene rings is 3. The van der Waals surface area contributed by atoms with E-state index in [9.17, 15) is 4.79 Å². The lowest BCUT2D eigenvalue weighted by atomic mass is 10.1. The molecule has 2 N–H and O–H groups in total. The highest BCUT2D eigenvalue weighted by Crippen LogP contribution is 2.14. The molecule has 118 valence electrons. The molecule has 0 fully saturated rings. The third kappa shape index (κ3) is 4.11. The predicted octanol–water partition coefficient (Wildman–Crippen LogP) is 4.53. The first-order chi connectivity index (χ1) is 11.8. The summed E-state index contributed by atoms with van der Waals surface area (Å²) in [5.74, 6) is -0.0446. The van der Waals surface area contributed by atoms with Gasteiger partial charge in [-0.1, -0.05) is 78.9 Å². The molecule has 3 heteroatoms. The second-order valence-electron chi connectivity index (χ2n) is 5.27. The van der Waals surface area contributed by atoms with Crippen LogP contribution in [0.2, 0.25) is 0 Å². The average Bonchev–Trinajstić information content (AvgIpc) is 2.67. The van der Waals surface area contributed by atoms with Crippen LogP contribution in [0, 0.1) is 0 Å². The highest BCUT2D eigenvalue weighted by molar-refractivity contribution is 6.08. The van der Waals surface area contributed by atoms with Gasteiger partial charge in [0.2, 0.25) is 0 Å². The van der Waals surface area contributed by atoms with Crippen LogP contribution >= 0.6 is 0 Å². The monoisotopic (exact) mass is 314 g/mol. The van der Waals surface area contributed by atoms with Crippen LogP contribution in [0.15, 0.2) is 97.1 Å². The molecule has 0 atom stereocenters. The quantitative estimate of drug-likeness (QED) is 0.399. The van der Waals surface area contributed by atoms with Crippen molar-refractivity contribution in [3.8, 4) is 0 Å². The summed E-state index contributed by atoms with van der Waals surface area (Å²) in [5, 5.41) is 0. The third-order valence-corrected chi connectivity index (χ3v) is 3.53. The van der Waals surface area contributed by atoms with E-state index >= 15 is 0 Å². The van der Waals surface area contributed by atoms with E-state index < -0.39 is 0 Å². The van der Waals surface area contributed by atoms with Crippen molar-refractivity contribution in [2.45, 2.75) is 0 Å². The molecule has 3 aromatic carbocycles. The van der Waals surface area contributed by atoms with Gasteiger partial charge in [-0.05, 0) is 17.7 Å². The van der Waals surface area contributed by atoms with E-state index in [-0.39, 0.29) is 5.78 Å². The van der Waals surface area contributed by atoms with Crippen LogP contribution in [0.4, 0.5) is 5.69 Å². The summed E-state index contributed by atoms with van der Waals surface area (Å²) in [6, 6.07) is 28.8. The molecular weight excluding hydrogens is 296 g/mol. The lowest BCUT2D eigenvalue weighted by Gasteiger charge is -2.13. The van der Waals surface area contributed by atoms with Crippen molar-refractivity contribution in [1.82, 2.24) is 5.43 Å². The van der Waals surface area contributed by atoms with Crippen molar-refractivity contribution in [2.75, 3.05) is 5.43 Å². The zero-order valence-corrected chi connectivity index (χ0v) is 13.1. The van der Waals surface area contributed by atoms with Gasteiger partial charge in [0.25, 0.3) is 0 Å². The van der Waals surface area contributed by atoms with Gasteiger partial charge >= 0.3 is 0 Å². The Morgan fingerprint density at radius 1 is 0.667 bits per heavy atom. The van der Waals surface area contributed by atoms with E-state index in [0.29, 0.717) is 11.3 Å². The summed E-state index contributed by atoms with van der Waals surface area (Å²) in [7, 11) is 0. The topological polar surface area (TPSA) is 41.1 Å². The van der Waals surface area contributed by atoms with Crippen molar-refractivity contribution in [1.29, 1.82) is 0 Å². The first-order valence-electron chi connectivity index (χ1n) is 7.76. The van der Waals surface area contributed by atoms with Crippen LogP contribution in [0.3, 0.4) is 0 Å². The Labute approximate surface area is 141 Å². The summed E-state index contributed by atoms with van der Waals surface area (Å²) >= 11 is 0. The minimum Gasteiger partial charge on any atom is -0.301 e. The fourth-order valence-corrected chi connectivity index (χ4v) is 2.29. The molecular formula is C21H18N2O. The maximum absolute atomic E-state index is 12.5. The minimum atomic E-state index is -0.0446. The fraction of sp³-hybridized carbons (Fsp3) is 0. The van der Waals surface area contributed by atoms with E-state index in [1.54, 1.807) is 6.08 Å². The number of para-hydroxylation sites is 1. The van der Waals surface area contributed by atoms with Crippen LogP contribution in [-0.2, 0) is 0 Å². The van der Waals surface area contributed by atoms with Crippen molar-refractivity contribution in [2.24, 2.45) is 0 Å². The number of nitrogens with one attached hydrogen (secondary N) is 2. The maximum Gasteiger partial charge on any atom is 0.187 e. The lowest BCUT2D eigenvalue weighted by molar-refractivity contribution is 0.104. The number of hydrazine groups is 1. The van der Waals surface area contributed by atoms with Crippen LogP contribution < -0.4 is 10.9 Å². The maximum atomic E-state index is 12.5. The van der Waals surface area contributed by atoms with Crippen LogP contribution in [0.1, 0.15) is 15.9 Å². The van der Waals surface area contributed by atoms with Gasteiger partial charge in [-0.2, -0.15) is 0 Å². The minimum absolute atomic E-state index is 0.0446. The normalized spacial score (nSPS) is 10.9. The summed E-state index contributed by atoms with van der Waals surface area (Å²) < 4.78 is 0. The predicted molar refractivity (Wildman–Crippen MR) is 98.4 cm³/mol. The van der Waals surface area contributed by atoms with Gasteiger partial charge in [0.05, 0.1) is 11.4 Å². The van der Waals surface area contributed by atoms with E-state index in [0.717, 1.165) is 11.3 Å².